The maximum atomic E-state index is 12.1. The van der Waals surface area contributed by atoms with E-state index in [4.69, 9.17) is 5.11 Å². The minimum Gasteiger partial charge on any atom is -0.481 e. The molecule has 0 aromatic rings. The summed E-state index contributed by atoms with van der Waals surface area (Å²) in [6, 6.07) is -0.287. The Hall–Kier alpha value is -1.30. The van der Waals surface area contributed by atoms with Crippen LogP contribution < -0.4 is 5.32 Å². The number of aliphatic hydroxyl groups is 1. The number of amides is 2. The molecule has 2 amide bonds. The number of hydrogen-bond acceptors (Lipinski definition) is 3. The predicted molar refractivity (Wildman–Crippen MR) is 80.0 cm³/mol. The van der Waals surface area contributed by atoms with Gasteiger partial charge >= 0.3 is 12.0 Å². The van der Waals surface area contributed by atoms with Crippen LogP contribution in [0.15, 0.2) is 0 Å². The molecule has 6 heteroatoms. The summed E-state index contributed by atoms with van der Waals surface area (Å²) in [5, 5.41) is 21.3. The SMILES string of the molecule is CCCN(CCO)C(=O)NCC1(C(=O)O)CCC(C)CC1. The summed E-state index contributed by atoms with van der Waals surface area (Å²) in [5.41, 5.74) is -0.834. The summed E-state index contributed by atoms with van der Waals surface area (Å²) in [6.07, 6.45) is 3.79. The number of carboxylic acid groups (broad SMARTS) is 1. The first-order valence-corrected chi connectivity index (χ1v) is 7.82. The topological polar surface area (TPSA) is 89.9 Å². The van der Waals surface area contributed by atoms with E-state index in [2.05, 4.69) is 12.2 Å². The summed E-state index contributed by atoms with van der Waals surface area (Å²) in [5.74, 6) is -0.266. The third kappa shape index (κ3) is 4.88. The Bertz CT molecular complexity index is 346. The van der Waals surface area contributed by atoms with Crippen molar-refractivity contribution in [1.29, 1.82) is 0 Å². The zero-order valence-corrected chi connectivity index (χ0v) is 13.1. The fourth-order valence-electron chi connectivity index (χ4n) is 2.84. The fraction of sp³-hybridized carbons (Fsp3) is 0.867. The Morgan fingerprint density at radius 3 is 2.38 bits per heavy atom. The Labute approximate surface area is 126 Å². The maximum absolute atomic E-state index is 12.1. The molecule has 0 atom stereocenters. The number of aliphatic carboxylic acids is 1. The van der Waals surface area contributed by atoms with Gasteiger partial charge in [-0.1, -0.05) is 13.8 Å². The molecule has 1 rings (SSSR count). The smallest absolute Gasteiger partial charge is 0.317 e. The lowest BCUT2D eigenvalue weighted by atomic mass is 9.71. The van der Waals surface area contributed by atoms with Crippen LogP contribution in [-0.4, -0.2) is 53.4 Å². The number of nitrogens with zero attached hydrogens (tertiary/aromatic N) is 1. The van der Waals surface area contributed by atoms with Gasteiger partial charge in [0.25, 0.3) is 0 Å². The van der Waals surface area contributed by atoms with E-state index in [0.29, 0.717) is 25.3 Å². The fourth-order valence-corrected chi connectivity index (χ4v) is 2.84. The predicted octanol–water partition coefficient (Wildman–Crippen LogP) is 1.68. The molecule has 0 aromatic heterocycles. The normalized spacial score (nSPS) is 25.4. The molecule has 0 aromatic carbocycles. The van der Waals surface area contributed by atoms with Gasteiger partial charge in [0.05, 0.1) is 12.0 Å². The number of rotatable bonds is 7. The van der Waals surface area contributed by atoms with Crippen molar-refractivity contribution in [2.24, 2.45) is 11.3 Å². The summed E-state index contributed by atoms with van der Waals surface area (Å²) < 4.78 is 0. The van der Waals surface area contributed by atoms with Gasteiger partial charge in [-0.3, -0.25) is 4.79 Å². The van der Waals surface area contributed by atoms with Gasteiger partial charge in [0, 0.05) is 19.6 Å². The first-order valence-electron chi connectivity index (χ1n) is 7.82. The Balaban J connectivity index is 2.60. The Morgan fingerprint density at radius 1 is 1.29 bits per heavy atom. The van der Waals surface area contributed by atoms with E-state index in [9.17, 15) is 14.7 Å². The van der Waals surface area contributed by atoms with Gasteiger partial charge < -0.3 is 20.4 Å². The molecule has 1 aliphatic carbocycles. The summed E-state index contributed by atoms with van der Waals surface area (Å²) in [4.78, 5) is 25.2. The van der Waals surface area contributed by atoms with Crippen molar-refractivity contribution in [2.45, 2.75) is 46.0 Å². The lowest BCUT2D eigenvalue weighted by Gasteiger charge is -2.36. The van der Waals surface area contributed by atoms with E-state index in [-0.39, 0.29) is 25.7 Å². The molecule has 6 nitrogen and oxygen atoms in total. The van der Waals surface area contributed by atoms with E-state index >= 15 is 0 Å². The Morgan fingerprint density at radius 2 is 1.90 bits per heavy atom. The molecule has 1 saturated carbocycles. The van der Waals surface area contributed by atoms with E-state index in [1.807, 2.05) is 6.92 Å². The second kappa shape index (κ2) is 8.22. The molecule has 122 valence electrons. The number of nitrogens with one attached hydrogen (secondary N) is 1. The minimum absolute atomic E-state index is 0.0883. The van der Waals surface area contributed by atoms with Crippen molar-refractivity contribution >= 4 is 12.0 Å². The minimum atomic E-state index is -0.834. The molecule has 0 radical (unpaired) electrons. The highest BCUT2D eigenvalue weighted by Gasteiger charge is 2.41. The van der Waals surface area contributed by atoms with Crippen LogP contribution in [0.1, 0.15) is 46.0 Å². The third-order valence-corrected chi connectivity index (χ3v) is 4.41. The zero-order chi connectivity index (χ0) is 15.9. The van der Waals surface area contributed by atoms with Crippen molar-refractivity contribution in [1.82, 2.24) is 10.2 Å². The number of hydrogen-bond donors (Lipinski definition) is 3. The lowest BCUT2D eigenvalue weighted by molar-refractivity contribution is -0.151. The number of carbonyl (C=O) groups excluding carboxylic acids is 1. The maximum Gasteiger partial charge on any atom is 0.317 e. The van der Waals surface area contributed by atoms with E-state index < -0.39 is 11.4 Å². The molecule has 21 heavy (non-hydrogen) atoms. The highest BCUT2D eigenvalue weighted by atomic mass is 16.4. The third-order valence-electron chi connectivity index (χ3n) is 4.41. The molecule has 0 heterocycles. The average molecular weight is 300 g/mol. The number of urea groups is 1. The highest BCUT2D eigenvalue weighted by molar-refractivity contribution is 5.78. The number of carbonyl (C=O) groups is 2. The Kier molecular flexibility index (Phi) is 6.95. The first-order chi connectivity index (χ1) is 9.95. The van der Waals surface area contributed by atoms with Crippen LogP contribution in [0.2, 0.25) is 0 Å². The largest absolute Gasteiger partial charge is 0.481 e. The van der Waals surface area contributed by atoms with Gasteiger partial charge in [-0.05, 0) is 38.0 Å². The van der Waals surface area contributed by atoms with Crippen LogP contribution in [-0.2, 0) is 4.79 Å². The van der Waals surface area contributed by atoms with Crippen LogP contribution >= 0.6 is 0 Å². The van der Waals surface area contributed by atoms with Crippen LogP contribution in [0.3, 0.4) is 0 Å². The van der Waals surface area contributed by atoms with Crippen molar-refractivity contribution in [3.63, 3.8) is 0 Å². The molecular formula is C15H28N2O4. The lowest BCUT2D eigenvalue weighted by Crippen LogP contribution is -2.49. The molecule has 0 spiro atoms. The zero-order valence-electron chi connectivity index (χ0n) is 13.1. The number of aliphatic hydroxyl groups excluding tert-OH is 1. The van der Waals surface area contributed by atoms with Crippen LogP contribution in [0.5, 0.6) is 0 Å². The second-order valence-corrected chi connectivity index (χ2v) is 6.14. The monoisotopic (exact) mass is 300 g/mol. The van der Waals surface area contributed by atoms with Gasteiger partial charge in [-0.15, -0.1) is 0 Å². The summed E-state index contributed by atoms with van der Waals surface area (Å²) in [7, 11) is 0. The van der Waals surface area contributed by atoms with Gasteiger partial charge in [0.15, 0.2) is 0 Å². The molecule has 0 saturated heterocycles. The van der Waals surface area contributed by atoms with Gasteiger partial charge in [-0.25, -0.2) is 4.79 Å². The van der Waals surface area contributed by atoms with Crippen molar-refractivity contribution in [3.05, 3.63) is 0 Å². The van der Waals surface area contributed by atoms with Crippen molar-refractivity contribution < 1.29 is 19.8 Å². The molecule has 0 unspecified atom stereocenters. The first kappa shape index (κ1) is 17.8. The molecule has 0 aliphatic heterocycles. The van der Waals surface area contributed by atoms with E-state index in [1.54, 1.807) is 0 Å². The van der Waals surface area contributed by atoms with Gasteiger partial charge in [-0.2, -0.15) is 0 Å². The molecule has 0 bridgehead atoms. The average Bonchev–Trinajstić information content (AvgIpc) is 2.46. The number of carboxylic acids is 1. The second-order valence-electron chi connectivity index (χ2n) is 6.14. The van der Waals surface area contributed by atoms with Crippen molar-refractivity contribution in [2.75, 3.05) is 26.2 Å². The summed E-state index contributed by atoms with van der Waals surface area (Å²) >= 11 is 0. The van der Waals surface area contributed by atoms with E-state index in [0.717, 1.165) is 19.3 Å². The molecule has 1 aliphatic rings. The quantitative estimate of drug-likeness (QED) is 0.667. The van der Waals surface area contributed by atoms with Gasteiger partial charge in [0.1, 0.15) is 0 Å². The summed E-state index contributed by atoms with van der Waals surface area (Å²) in [6.45, 7) is 5.00. The van der Waals surface area contributed by atoms with Crippen LogP contribution in [0.25, 0.3) is 0 Å². The van der Waals surface area contributed by atoms with Gasteiger partial charge in [0.2, 0.25) is 0 Å². The molecular weight excluding hydrogens is 272 g/mol. The molecule has 1 fully saturated rings. The van der Waals surface area contributed by atoms with E-state index in [1.165, 1.54) is 4.90 Å². The standard InChI is InChI=1S/C15H28N2O4/c1-3-8-17(9-10-18)14(21)16-11-15(13(19)20)6-4-12(2)5-7-15/h12,18H,3-11H2,1-2H3,(H,16,21)(H,19,20). The molecule has 3 N–H and O–H groups in total. The van der Waals surface area contributed by atoms with Crippen molar-refractivity contribution in [3.8, 4) is 0 Å². The van der Waals surface area contributed by atoms with Crippen LogP contribution in [0, 0.1) is 11.3 Å². The van der Waals surface area contributed by atoms with Crippen LogP contribution in [0.4, 0.5) is 4.79 Å². The highest BCUT2D eigenvalue weighted by Crippen LogP contribution is 2.38.